The van der Waals surface area contributed by atoms with Crippen LogP contribution < -0.4 is 0 Å². The molecule has 0 radical (unpaired) electrons. The monoisotopic (exact) mass is 241 g/mol. The minimum absolute atomic E-state index is 0.163. The Balaban J connectivity index is 2.37. The maximum absolute atomic E-state index is 11.6. The van der Waals surface area contributed by atoms with Gasteiger partial charge in [-0.3, -0.25) is 13.9 Å². The van der Waals surface area contributed by atoms with Crippen molar-refractivity contribution in [1.82, 2.24) is 4.57 Å². The molecule has 0 aromatic carbocycles. The first-order valence-corrected chi connectivity index (χ1v) is 5.67. The molecular weight excluding hydrogens is 234 g/mol. The van der Waals surface area contributed by atoms with Gasteiger partial charge in [-0.15, -0.1) is 0 Å². The molecule has 2 aromatic heterocycles. The van der Waals surface area contributed by atoms with E-state index >= 15 is 0 Å². The number of hydrogen-bond donors (Lipinski definition) is 1. The molecule has 16 heavy (non-hydrogen) atoms. The van der Waals surface area contributed by atoms with Crippen molar-refractivity contribution in [2.75, 3.05) is 0 Å². The first kappa shape index (κ1) is 10.7. The smallest absolute Gasteiger partial charge is 0.328 e. The zero-order chi connectivity index (χ0) is 11.8. The van der Waals surface area contributed by atoms with Crippen molar-refractivity contribution in [3.8, 4) is 0 Å². The number of furan rings is 1. The second-order valence-corrected chi connectivity index (χ2v) is 4.34. The third-order valence-corrected chi connectivity index (χ3v) is 2.61. The average Bonchev–Trinajstić information content (AvgIpc) is 2.87. The molecule has 0 spiro atoms. The van der Waals surface area contributed by atoms with E-state index < -0.39 is 21.1 Å². The fraction of sp³-hybridized carbons (Fsp3) is 0. The Morgan fingerprint density at radius 3 is 2.38 bits per heavy atom. The summed E-state index contributed by atoms with van der Waals surface area (Å²) in [4.78, 5) is 11.6. The van der Waals surface area contributed by atoms with Crippen LogP contribution in [-0.4, -0.2) is 23.4 Å². The van der Waals surface area contributed by atoms with Crippen LogP contribution in [0.1, 0.15) is 10.6 Å². The molecule has 0 bridgehead atoms. The third kappa shape index (κ3) is 1.90. The maximum Gasteiger partial charge on any atom is 0.328 e. The van der Waals surface area contributed by atoms with E-state index in [0.717, 1.165) is 6.07 Å². The molecule has 0 amide bonds. The summed E-state index contributed by atoms with van der Waals surface area (Å²) in [6, 6.07) is 5.49. The van der Waals surface area contributed by atoms with Gasteiger partial charge >= 0.3 is 10.1 Å². The Labute approximate surface area is 90.9 Å². The Hall–Kier alpha value is -1.86. The summed E-state index contributed by atoms with van der Waals surface area (Å²) in [6.45, 7) is 0. The van der Waals surface area contributed by atoms with Gasteiger partial charge in [-0.05, 0) is 24.3 Å². The Kier molecular flexibility index (Phi) is 2.41. The molecule has 2 rings (SSSR count). The van der Waals surface area contributed by atoms with Crippen LogP contribution in [0.2, 0.25) is 0 Å². The van der Waals surface area contributed by atoms with Crippen molar-refractivity contribution in [2.24, 2.45) is 0 Å². The number of carbonyl (C=O) groups excluding carboxylic acids is 1. The lowest BCUT2D eigenvalue weighted by atomic mass is 10.4. The number of nitrogens with zero attached hydrogens (tertiary/aromatic N) is 1. The average molecular weight is 241 g/mol. The first-order chi connectivity index (χ1) is 7.48. The van der Waals surface area contributed by atoms with Crippen molar-refractivity contribution in [2.45, 2.75) is 5.09 Å². The summed E-state index contributed by atoms with van der Waals surface area (Å²) in [7, 11) is -4.41. The zero-order valence-electron chi connectivity index (χ0n) is 7.90. The van der Waals surface area contributed by atoms with Crippen LogP contribution in [0.25, 0.3) is 0 Å². The lowest BCUT2D eigenvalue weighted by Crippen LogP contribution is -2.08. The van der Waals surface area contributed by atoms with Crippen LogP contribution in [0.4, 0.5) is 0 Å². The molecule has 1 N–H and O–H groups in total. The topological polar surface area (TPSA) is 89.5 Å². The second kappa shape index (κ2) is 3.62. The summed E-state index contributed by atoms with van der Waals surface area (Å²) in [5, 5.41) is -0.650. The molecule has 0 aliphatic heterocycles. The van der Waals surface area contributed by atoms with E-state index in [1.165, 1.54) is 23.0 Å². The van der Waals surface area contributed by atoms with Crippen LogP contribution in [-0.2, 0) is 10.1 Å². The molecule has 0 saturated heterocycles. The highest BCUT2D eigenvalue weighted by Gasteiger charge is 2.19. The van der Waals surface area contributed by atoms with Gasteiger partial charge in [-0.1, -0.05) is 0 Å². The molecule has 6 nitrogen and oxygen atoms in total. The molecule has 2 heterocycles. The first-order valence-electron chi connectivity index (χ1n) is 4.23. The van der Waals surface area contributed by atoms with Gasteiger partial charge in [0, 0.05) is 12.4 Å². The molecule has 0 aliphatic carbocycles. The normalized spacial score (nSPS) is 11.6. The minimum Gasteiger partial charge on any atom is -0.437 e. The van der Waals surface area contributed by atoms with Crippen molar-refractivity contribution in [3.63, 3.8) is 0 Å². The second-order valence-electron chi connectivity index (χ2n) is 2.99. The zero-order valence-corrected chi connectivity index (χ0v) is 8.72. The summed E-state index contributed by atoms with van der Waals surface area (Å²) >= 11 is 0. The van der Waals surface area contributed by atoms with E-state index in [9.17, 15) is 13.2 Å². The highest BCUT2D eigenvalue weighted by atomic mass is 32.2. The minimum atomic E-state index is -4.41. The highest BCUT2D eigenvalue weighted by molar-refractivity contribution is 7.85. The van der Waals surface area contributed by atoms with Gasteiger partial charge in [-0.2, -0.15) is 8.42 Å². The van der Waals surface area contributed by atoms with E-state index in [-0.39, 0.29) is 5.76 Å². The van der Waals surface area contributed by atoms with E-state index in [2.05, 4.69) is 0 Å². The van der Waals surface area contributed by atoms with Crippen molar-refractivity contribution < 1.29 is 22.2 Å². The number of aromatic nitrogens is 1. The van der Waals surface area contributed by atoms with E-state index in [1.807, 2.05) is 0 Å². The molecular formula is C9H7NO5S. The highest BCUT2D eigenvalue weighted by Crippen LogP contribution is 2.14. The molecule has 0 aliphatic rings. The standard InChI is InChI=1S/C9H7NO5S/c11-9(10-5-1-2-6-10)7-3-4-8(15-7)16(12,13)14/h1-6H,(H,12,13,14). The van der Waals surface area contributed by atoms with Gasteiger partial charge in [0.1, 0.15) is 0 Å². The molecule has 84 valence electrons. The summed E-state index contributed by atoms with van der Waals surface area (Å²) < 4.78 is 36.0. The van der Waals surface area contributed by atoms with Gasteiger partial charge in [0.05, 0.1) is 0 Å². The summed E-state index contributed by atoms with van der Waals surface area (Å²) in [5.74, 6) is -0.677. The third-order valence-electron chi connectivity index (χ3n) is 1.89. The molecule has 0 atom stereocenters. The number of hydrogen-bond acceptors (Lipinski definition) is 4. The lowest BCUT2D eigenvalue weighted by molar-refractivity contribution is 0.0927. The Bertz CT molecular complexity index is 608. The maximum atomic E-state index is 11.6. The van der Waals surface area contributed by atoms with E-state index in [0.29, 0.717) is 0 Å². The molecule has 0 unspecified atom stereocenters. The van der Waals surface area contributed by atoms with Gasteiger partial charge in [0.2, 0.25) is 5.09 Å². The van der Waals surface area contributed by atoms with Crippen molar-refractivity contribution in [1.29, 1.82) is 0 Å². The van der Waals surface area contributed by atoms with Gasteiger partial charge in [0.15, 0.2) is 5.76 Å². The van der Waals surface area contributed by atoms with Gasteiger partial charge in [0.25, 0.3) is 5.91 Å². The molecule has 2 aromatic rings. The number of rotatable bonds is 2. The van der Waals surface area contributed by atoms with Crippen LogP contribution in [0.5, 0.6) is 0 Å². The summed E-state index contributed by atoms with van der Waals surface area (Å²) in [6.07, 6.45) is 3.00. The van der Waals surface area contributed by atoms with Crippen LogP contribution in [0.3, 0.4) is 0 Å². The van der Waals surface area contributed by atoms with Crippen molar-refractivity contribution >= 4 is 16.0 Å². The number of carbonyl (C=O) groups is 1. The van der Waals surface area contributed by atoms with Gasteiger partial charge < -0.3 is 4.42 Å². The van der Waals surface area contributed by atoms with Crippen LogP contribution in [0, 0.1) is 0 Å². The quantitative estimate of drug-likeness (QED) is 0.792. The molecule has 0 fully saturated rings. The molecule has 7 heteroatoms. The summed E-state index contributed by atoms with van der Waals surface area (Å²) in [5.41, 5.74) is 0. The Morgan fingerprint density at radius 2 is 1.88 bits per heavy atom. The Morgan fingerprint density at radius 1 is 1.25 bits per heavy atom. The van der Waals surface area contributed by atoms with Gasteiger partial charge in [-0.25, -0.2) is 0 Å². The van der Waals surface area contributed by atoms with Crippen LogP contribution >= 0.6 is 0 Å². The predicted octanol–water partition coefficient (Wildman–Crippen LogP) is 1.02. The molecule has 0 saturated carbocycles. The fourth-order valence-corrected chi connectivity index (χ4v) is 1.61. The van der Waals surface area contributed by atoms with E-state index in [4.69, 9.17) is 8.97 Å². The van der Waals surface area contributed by atoms with Crippen LogP contribution in [0.15, 0.2) is 46.2 Å². The fourth-order valence-electron chi connectivity index (χ4n) is 1.17. The largest absolute Gasteiger partial charge is 0.437 e. The lowest BCUT2D eigenvalue weighted by Gasteiger charge is -1.96. The van der Waals surface area contributed by atoms with Crippen molar-refractivity contribution in [3.05, 3.63) is 42.4 Å². The van der Waals surface area contributed by atoms with E-state index in [1.54, 1.807) is 12.1 Å². The predicted molar refractivity (Wildman–Crippen MR) is 52.7 cm³/mol. The SMILES string of the molecule is O=C(c1ccc(S(=O)(=O)O)o1)n1cccc1.